The van der Waals surface area contributed by atoms with Crippen molar-refractivity contribution in [2.24, 2.45) is 11.7 Å². The average molecular weight is 241 g/mol. The van der Waals surface area contributed by atoms with E-state index in [0.717, 1.165) is 18.5 Å². The number of nitrogens with two attached hydrogens (primary N) is 1. The van der Waals surface area contributed by atoms with E-state index in [0.29, 0.717) is 0 Å². The fourth-order valence-electron chi connectivity index (χ4n) is 2.75. The first-order valence-corrected chi connectivity index (χ1v) is 7.30. The minimum atomic E-state index is 0.769. The zero-order valence-electron chi connectivity index (χ0n) is 12.0. The Balaban J connectivity index is 2.15. The van der Waals surface area contributed by atoms with Crippen molar-refractivity contribution in [2.75, 3.05) is 39.8 Å². The van der Waals surface area contributed by atoms with Crippen LogP contribution in [0.1, 0.15) is 39.5 Å². The molecule has 2 unspecified atom stereocenters. The number of rotatable bonds is 7. The van der Waals surface area contributed by atoms with Crippen molar-refractivity contribution in [2.45, 2.75) is 45.6 Å². The smallest absolute Gasteiger partial charge is 0.0218 e. The van der Waals surface area contributed by atoms with Crippen molar-refractivity contribution in [1.29, 1.82) is 0 Å². The van der Waals surface area contributed by atoms with Crippen molar-refractivity contribution in [3.63, 3.8) is 0 Å². The Kier molecular flexibility index (Phi) is 7.09. The van der Waals surface area contributed by atoms with Gasteiger partial charge in [-0.15, -0.1) is 0 Å². The quantitative estimate of drug-likeness (QED) is 0.737. The molecule has 2 N–H and O–H groups in total. The Morgan fingerprint density at radius 2 is 2.06 bits per heavy atom. The third-order valence-corrected chi connectivity index (χ3v) is 4.16. The van der Waals surface area contributed by atoms with Crippen LogP contribution in [-0.4, -0.2) is 55.6 Å². The Morgan fingerprint density at radius 1 is 1.29 bits per heavy atom. The summed E-state index contributed by atoms with van der Waals surface area (Å²) in [6, 6.07) is 0.769. The fraction of sp³-hybridized carbons (Fsp3) is 1.00. The molecule has 102 valence electrons. The lowest BCUT2D eigenvalue weighted by molar-refractivity contribution is 0.0912. The first-order chi connectivity index (χ1) is 8.17. The molecule has 17 heavy (non-hydrogen) atoms. The second-order valence-electron chi connectivity index (χ2n) is 5.67. The van der Waals surface area contributed by atoms with Crippen LogP contribution in [0.15, 0.2) is 0 Å². The Labute approximate surface area is 107 Å². The van der Waals surface area contributed by atoms with Crippen LogP contribution in [0.5, 0.6) is 0 Å². The molecule has 2 atom stereocenters. The monoisotopic (exact) mass is 241 g/mol. The number of hydrogen-bond acceptors (Lipinski definition) is 3. The minimum absolute atomic E-state index is 0.769. The van der Waals surface area contributed by atoms with Gasteiger partial charge in [-0.05, 0) is 51.7 Å². The van der Waals surface area contributed by atoms with Gasteiger partial charge in [0.25, 0.3) is 0 Å². The Morgan fingerprint density at radius 3 is 2.71 bits per heavy atom. The molecule has 0 spiro atoms. The molecule has 0 aromatic carbocycles. The standard InChI is InChI=1S/C14H31N3/c1-4-14-12-17(11-10-16(14)3)9-5-6-13(2)7-8-15/h13-14H,4-12,15H2,1-3H3. The summed E-state index contributed by atoms with van der Waals surface area (Å²) in [7, 11) is 2.26. The number of hydrogen-bond donors (Lipinski definition) is 1. The predicted octanol–water partition coefficient (Wildman–Crippen LogP) is 1.78. The summed E-state index contributed by atoms with van der Waals surface area (Å²) in [4.78, 5) is 5.15. The normalized spacial score (nSPS) is 25.1. The van der Waals surface area contributed by atoms with Gasteiger partial charge in [0.05, 0.1) is 0 Å². The molecule has 1 saturated heterocycles. The van der Waals surface area contributed by atoms with Gasteiger partial charge >= 0.3 is 0 Å². The van der Waals surface area contributed by atoms with Crippen LogP contribution >= 0.6 is 0 Å². The van der Waals surface area contributed by atoms with E-state index in [4.69, 9.17) is 5.73 Å². The molecule has 0 amide bonds. The van der Waals surface area contributed by atoms with Crippen molar-refractivity contribution in [3.05, 3.63) is 0 Å². The summed E-state index contributed by atoms with van der Waals surface area (Å²) in [6.07, 6.45) is 5.12. The lowest BCUT2D eigenvalue weighted by atomic mass is 10.0. The largest absolute Gasteiger partial charge is 0.330 e. The van der Waals surface area contributed by atoms with E-state index in [-0.39, 0.29) is 0 Å². The zero-order chi connectivity index (χ0) is 12.7. The van der Waals surface area contributed by atoms with Gasteiger partial charge in [0, 0.05) is 25.7 Å². The van der Waals surface area contributed by atoms with E-state index in [1.807, 2.05) is 0 Å². The van der Waals surface area contributed by atoms with E-state index in [9.17, 15) is 0 Å². The summed E-state index contributed by atoms with van der Waals surface area (Å²) in [5.41, 5.74) is 5.58. The Hall–Kier alpha value is -0.120. The van der Waals surface area contributed by atoms with Crippen LogP contribution < -0.4 is 5.73 Å². The van der Waals surface area contributed by atoms with E-state index >= 15 is 0 Å². The first-order valence-electron chi connectivity index (χ1n) is 7.30. The van der Waals surface area contributed by atoms with Gasteiger partial charge in [-0.25, -0.2) is 0 Å². The van der Waals surface area contributed by atoms with E-state index in [1.54, 1.807) is 0 Å². The molecule has 3 heteroatoms. The van der Waals surface area contributed by atoms with Gasteiger partial charge in [0.1, 0.15) is 0 Å². The molecule has 1 aliphatic rings. The highest BCUT2D eigenvalue weighted by Gasteiger charge is 2.22. The van der Waals surface area contributed by atoms with Crippen molar-refractivity contribution >= 4 is 0 Å². The molecule has 0 aromatic rings. The van der Waals surface area contributed by atoms with E-state index in [2.05, 4.69) is 30.7 Å². The maximum Gasteiger partial charge on any atom is 0.0218 e. The average Bonchev–Trinajstić information content (AvgIpc) is 2.31. The minimum Gasteiger partial charge on any atom is -0.330 e. The molecule has 1 heterocycles. The van der Waals surface area contributed by atoms with Crippen LogP contribution in [0.25, 0.3) is 0 Å². The highest BCUT2D eigenvalue weighted by atomic mass is 15.3. The van der Waals surface area contributed by atoms with Crippen LogP contribution in [0.3, 0.4) is 0 Å². The van der Waals surface area contributed by atoms with Gasteiger partial charge in [-0.1, -0.05) is 13.8 Å². The molecule has 0 aromatic heterocycles. The third kappa shape index (κ3) is 5.36. The summed E-state index contributed by atoms with van der Waals surface area (Å²) in [6.45, 7) is 10.5. The van der Waals surface area contributed by atoms with E-state index < -0.39 is 0 Å². The second kappa shape index (κ2) is 8.06. The van der Waals surface area contributed by atoms with E-state index in [1.165, 1.54) is 51.9 Å². The maximum absolute atomic E-state index is 5.58. The van der Waals surface area contributed by atoms with Crippen LogP contribution in [0, 0.1) is 5.92 Å². The lowest BCUT2D eigenvalue weighted by Gasteiger charge is -2.39. The molecular formula is C14H31N3. The summed E-state index contributed by atoms with van der Waals surface area (Å²) in [5, 5.41) is 0. The molecule has 1 fully saturated rings. The fourth-order valence-corrected chi connectivity index (χ4v) is 2.75. The summed E-state index contributed by atoms with van der Waals surface area (Å²) in [5.74, 6) is 0.800. The van der Waals surface area contributed by atoms with Gasteiger partial charge in [-0.3, -0.25) is 0 Å². The summed E-state index contributed by atoms with van der Waals surface area (Å²) >= 11 is 0. The van der Waals surface area contributed by atoms with Gasteiger partial charge in [0.15, 0.2) is 0 Å². The molecule has 1 rings (SSSR count). The van der Waals surface area contributed by atoms with Gasteiger partial charge in [0.2, 0.25) is 0 Å². The highest BCUT2D eigenvalue weighted by Crippen LogP contribution is 2.13. The molecular weight excluding hydrogens is 210 g/mol. The predicted molar refractivity (Wildman–Crippen MR) is 75.2 cm³/mol. The molecule has 1 aliphatic heterocycles. The zero-order valence-corrected chi connectivity index (χ0v) is 12.0. The van der Waals surface area contributed by atoms with Crippen LogP contribution in [-0.2, 0) is 0 Å². The van der Waals surface area contributed by atoms with Gasteiger partial charge in [-0.2, -0.15) is 0 Å². The second-order valence-corrected chi connectivity index (χ2v) is 5.67. The molecule has 0 saturated carbocycles. The molecule has 0 aliphatic carbocycles. The number of nitrogens with zero attached hydrogens (tertiary/aromatic N) is 2. The molecule has 3 nitrogen and oxygen atoms in total. The van der Waals surface area contributed by atoms with Crippen LogP contribution in [0.4, 0.5) is 0 Å². The number of likely N-dealkylation sites (N-methyl/N-ethyl adjacent to an activating group) is 1. The molecule has 0 bridgehead atoms. The highest BCUT2D eigenvalue weighted by molar-refractivity contribution is 4.78. The number of piperazine rings is 1. The first kappa shape index (κ1) is 14.9. The van der Waals surface area contributed by atoms with Crippen molar-refractivity contribution in [3.8, 4) is 0 Å². The van der Waals surface area contributed by atoms with Gasteiger partial charge < -0.3 is 15.5 Å². The molecule has 0 radical (unpaired) electrons. The van der Waals surface area contributed by atoms with Crippen molar-refractivity contribution in [1.82, 2.24) is 9.80 Å². The topological polar surface area (TPSA) is 32.5 Å². The van der Waals surface area contributed by atoms with Crippen molar-refractivity contribution < 1.29 is 0 Å². The lowest BCUT2D eigenvalue weighted by Crippen LogP contribution is -2.51. The maximum atomic E-state index is 5.58. The summed E-state index contributed by atoms with van der Waals surface area (Å²) < 4.78 is 0. The Bertz CT molecular complexity index is 196. The van der Waals surface area contributed by atoms with Crippen LogP contribution in [0.2, 0.25) is 0 Å². The SMILES string of the molecule is CCC1CN(CCCC(C)CCN)CCN1C. The third-order valence-electron chi connectivity index (χ3n) is 4.16.